The molecule has 1 aromatic carbocycles. The molecular weight excluding hydrogens is 234 g/mol. The van der Waals surface area contributed by atoms with E-state index < -0.39 is 0 Å². The number of hydrogen-bond donors (Lipinski definition) is 0. The normalized spacial score (nSPS) is 12.9. The first kappa shape index (κ1) is 13.9. The molecule has 0 N–H and O–H groups in total. The quantitative estimate of drug-likeness (QED) is 0.440. The van der Waals surface area contributed by atoms with Gasteiger partial charge in [-0.05, 0) is 24.3 Å². The molecule has 0 spiro atoms. The molecule has 0 unspecified atom stereocenters. The van der Waals surface area contributed by atoms with E-state index in [0.717, 1.165) is 0 Å². The van der Waals surface area contributed by atoms with Crippen LogP contribution in [0.3, 0.4) is 0 Å². The number of benzene rings is 1. The lowest BCUT2D eigenvalue weighted by Gasteiger charge is -2.32. The first-order valence-corrected chi connectivity index (χ1v) is 7.48. The molecule has 0 aliphatic carbocycles. The molecule has 16 heavy (non-hydrogen) atoms. The molecule has 0 aromatic heterocycles. The Balaban J connectivity index is 2.66. The van der Waals surface area contributed by atoms with Gasteiger partial charge in [0.1, 0.15) is 5.69 Å². The minimum Gasteiger partial charge on any atom is -0.429 e. The summed E-state index contributed by atoms with van der Waals surface area (Å²) in [7, 11) is 12.0. The summed E-state index contributed by atoms with van der Waals surface area (Å²) in [5.74, 6) is 0. The zero-order chi connectivity index (χ0) is 12.4. The maximum absolute atomic E-state index is 4.08. The molecule has 0 aliphatic rings. The van der Waals surface area contributed by atoms with Crippen molar-refractivity contribution >= 4 is 27.3 Å². The summed E-state index contributed by atoms with van der Waals surface area (Å²) in [6.45, 7) is 6.69. The zero-order valence-electron chi connectivity index (χ0n) is 10.8. The van der Waals surface area contributed by atoms with Crippen LogP contribution in [0.5, 0.6) is 0 Å². The van der Waals surface area contributed by atoms with Gasteiger partial charge in [-0.25, -0.2) is 0 Å². The minimum atomic E-state index is 0.297. The van der Waals surface area contributed by atoms with Crippen molar-refractivity contribution in [3.8, 4) is 0 Å². The van der Waals surface area contributed by atoms with Crippen molar-refractivity contribution in [2.24, 2.45) is 0 Å². The van der Waals surface area contributed by atoms with Crippen LogP contribution in [-0.2, 0) is 0 Å². The first-order valence-electron chi connectivity index (χ1n) is 5.33. The Bertz CT molecular complexity index is 330. The summed E-state index contributed by atoms with van der Waals surface area (Å²) in [6, 6.07) is 8.64. The SMILES string of the molecule is [CH2-][N+](C)(C)c1ccc(SSC(C)(C)C)cc1. The Morgan fingerprint density at radius 3 is 1.94 bits per heavy atom. The molecule has 90 valence electrons. The van der Waals surface area contributed by atoms with Crippen molar-refractivity contribution < 1.29 is 0 Å². The van der Waals surface area contributed by atoms with E-state index in [1.807, 2.05) is 21.6 Å². The first-order chi connectivity index (χ1) is 7.18. The van der Waals surface area contributed by atoms with E-state index in [1.54, 1.807) is 0 Å². The van der Waals surface area contributed by atoms with Crippen molar-refractivity contribution in [3.05, 3.63) is 31.3 Å². The molecule has 0 atom stereocenters. The summed E-state index contributed by atoms with van der Waals surface area (Å²) in [4.78, 5) is 1.30. The van der Waals surface area contributed by atoms with Gasteiger partial charge in [-0.3, -0.25) is 0 Å². The lowest BCUT2D eigenvalue weighted by molar-refractivity contribution is 0.533. The van der Waals surface area contributed by atoms with E-state index in [-0.39, 0.29) is 0 Å². The Morgan fingerprint density at radius 1 is 1.06 bits per heavy atom. The third-order valence-corrected chi connectivity index (χ3v) is 5.30. The molecule has 0 saturated carbocycles. The zero-order valence-corrected chi connectivity index (χ0v) is 12.4. The monoisotopic (exact) mass is 255 g/mol. The molecule has 3 heteroatoms. The summed E-state index contributed by atoms with van der Waals surface area (Å²) < 4.78 is 0.919. The van der Waals surface area contributed by atoms with Crippen LogP contribution in [0.25, 0.3) is 0 Å². The molecule has 0 saturated heterocycles. The predicted octanol–water partition coefficient (Wildman–Crippen LogP) is 4.58. The maximum Gasteiger partial charge on any atom is 0.106 e. The predicted molar refractivity (Wildman–Crippen MR) is 78.6 cm³/mol. The number of hydrogen-bond acceptors (Lipinski definition) is 2. The highest BCUT2D eigenvalue weighted by molar-refractivity contribution is 8.77. The molecule has 1 nitrogen and oxygen atoms in total. The third-order valence-electron chi connectivity index (χ3n) is 1.92. The lowest BCUT2D eigenvalue weighted by atomic mass is 10.3. The van der Waals surface area contributed by atoms with E-state index in [9.17, 15) is 0 Å². The van der Waals surface area contributed by atoms with Crippen LogP contribution in [0.1, 0.15) is 20.8 Å². The summed E-state index contributed by atoms with van der Waals surface area (Å²) in [5.41, 5.74) is 1.23. The number of rotatable bonds is 3. The van der Waals surface area contributed by atoms with Crippen LogP contribution < -0.4 is 4.48 Å². The van der Waals surface area contributed by atoms with Crippen LogP contribution in [0.4, 0.5) is 5.69 Å². The van der Waals surface area contributed by atoms with Crippen LogP contribution in [0.2, 0.25) is 0 Å². The van der Waals surface area contributed by atoms with Gasteiger partial charge >= 0.3 is 0 Å². The van der Waals surface area contributed by atoms with E-state index >= 15 is 0 Å². The van der Waals surface area contributed by atoms with E-state index in [1.165, 1.54) is 10.6 Å². The molecule has 0 heterocycles. The molecule has 0 aliphatic heterocycles. The average molecular weight is 255 g/mol. The van der Waals surface area contributed by atoms with Crippen LogP contribution in [0.15, 0.2) is 29.2 Å². The van der Waals surface area contributed by atoms with Gasteiger partial charge in [0.2, 0.25) is 0 Å². The highest BCUT2D eigenvalue weighted by Crippen LogP contribution is 2.40. The molecule has 0 fully saturated rings. The fraction of sp³-hybridized carbons (Fsp3) is 0.462. The lowest BCUT2D eigenvalue weighted by Crippen LogP contribution is -2.31. The third kappa shape index (κ3) is 4.81. The molecule has 1 aromatic rings. The van der Waals surface area contributed by atoms with Crippen LogP contribution in [0, 0.1) is 7.05 Å². The van der Waals surface area contributed by atoms with Crippen LogP contribution >= 0.6 is 21.6 Å². The average Bonchev–Trinajstić information content (AvgIpc) is 2.13. The van der Waals surface area contributed by atoms with Gasteiger partial charge in [-0.2, -0.15) is 0 Å². The molecule has 0 amide bonds. The van der Waals surface area contributed by atoms with Gasteiger partial charge in [-0.15, -0.1) is 7.05 Å². The van der Waals surface area contributed by atoms with Crippen molar-refractivity contribution in [2.75, 3.05) is 14.1 Å². The van der Waals surface area contributed by atoms with Gasteiger partial charge in [0.25, 0.3) is 0 Å². The number of quaternary nitrogens is 1. The topological polar surface area (TPSA) is 0 Å². The van der Waals surface area contributed by atoms with Gasteiger partial charge < -0.3 is 4.48 Å². The fourth-order valence-corrected chi connectivity index (χ4v) is 3.04. The smallest absolute Gasteiger partial charge is 0.106 e. The molecule has 1 rings (SSSR count). The molecular formula is C13H21NS2. The Morgan fingerprint density at radius 2 is 1.56 bits per heavy atom. The van der Waals surface area contributed by atoms with E-state index in [2.05, 4.69) is 66.2 Å². The molecule has 0 bridgehead atoms. The van der Waals surface area contributed by atoms with Crippen LogP contribution in [-0.4, -0.2) is 18.8 Å². The Kier molecular flexibility index (Phi) is 4.38. The second-order valence-electron chi connectivity index (χ2n) is 5.46. The highest BCUT2D eigenvalue weighted by atomic mass is 33.1. The largest absolute Gasteiger partial charge is 0.429 e. The van der Waals surface area contributed by atoms with Crippen molar-refractivity contribution in [2.45, 2.75) is 30.4 Å². The van der Waals surface area contributed by atoms with Gasteiger partial charge in [0.05, 0.1) is 0 Å². The number of nitrogens with zero attached hydrogens (tertiary/aromatic N) is 1. The van der Waals surface area contributed by atoms with Gasteiger partial charge in [0, 0.05) is 23.7 Å². The van der Waals surface area contributed by atoms with E-state index in [4.69, 9.17) is 0 Å². The highest BCUT2D eigenvalue weighted by Gasteiger charge is 2.12. The van der Waals surface area contributed by atoms with E-state index in [0.29, 0.717) is 9.23 Å². The summed E-state index contributed by atoms with van der Waals surface area (Å²) >= 11 is 0. The standard InChI is InChI=1S/C13H21NS2/c1-13(2,3)16-15-12-9-7-11(8-10-12)14(4,5)6/h7-10H,4H2,1-3,5-6H3. The Labute approximate surface area is 108 Å². The summed E-state index contributed by atoms with van der Waals surface area (Å²) in [6.07, 6.45) is 0. The fourth-order valence-electron chi connectivity index (χ4n) is 1.08. The van der Waals surface area contributed by atoms with Gasteiger partial charge in [0.15, 0.2) is 0 Å². The minimum absolute atomic E-state index is 0.297. The molecule has 0 radical (unpaired) electrons. The second kappa shape index (κ2) is 5.03. The summed E-state index contributed by atoms with van der Waals surface area (Å²) in [5, 5.41) is 0. The van der Waals surface area contributed by atoms with Gasteiger partial charge in [-0.1, -0.05) is 42.4 Å². The Hall–Kier alpha value is -0.120. The second-order valence-corrected chi connectivity index (χ2v) is 8.49. The van der Waals surface area contributed by atoms with Crippen molar-refractivity contribution in [1.29, 1.82) is 0 Å². The maximum atomic E-state index is 4.08. The van der Waals surface area contributed by atoms with Crippen molar-refractivity contribution in [3.63, 3.8) is 0 Å². The van der Waals surface area contributed by atoms with Crippen molar-refractivity contribution in [1.82, 2.24) is 4.48 Å².